The van der Waals surface area contributed by atoms with Crippen LogP contribution in [0.15, 0.2) is 53.4 Å². The number of hydrogen-bond acceptors (Lipinski definition) is 4. The van der Waals surface area contributed by atoms with E-state index in [2.05, 4.69) is 10.6 Å². The fourth-order valence-electron chi connectivity index (χ4n) is 4.26. The second kappa shape index (κ2) is 12.1. The van der Waals surface area contributed by atoms with Crippen LogP contribution in [0, 0.1) is 12.7 Å². The Morgan fingerprint density at radius 1 is 1.03 bits per heavy atom. The first-order valence-corrected chi connectivity index (χ1v) is 13.1. The Hall–Kier alpha value is -2.78. The highest BCUT2D eigenvalue weighted by molar-refractivity contribution is 7.89. The fourth-order valence-corrected chi connectivity index (χ4v) is 6.19. The summed E-state index contributed by atoms with van der Waals surface area (Å²) >= 11 is 0. The van der Waals surface area contributed by atoms with Crippen LogP contribution < -0.4 is 10.6 Å². The lowest BCUT2D eigenvalue weighted by Crippen LogP contribution is -2.46. The molecule has 0 bridgehead atoms. The molecule has 0 unspecified atom stereocenters. The van der Waals surface area contributed by atoms with Crippen LogP contribution in [0.2, 0.25) is 0 Å². The van der Waals surface area contributed by atoms with Crippen molar-refractivity contribution in [3.8, 4) is 0 Å². The van der Waals surface area contributed by atoms with E-state index in [-0.39, 0.29) is 17.5 Å². The first kappa shape index (κ1) is 25.8. The van der Waals surface area contributed by atoms with Gasteiger partial charge < -0.3 is 10.6 Å². The van der Waals surface area contributed by atoms with Crippen LogP contribution in [0.4, 0.5) is 4.39 Å². The molecule has 2 aromatic carbocycles. The summed E-state index contributed by atoms with van der Waals surface area (Å²) < 4.78 is 41.4. The van der Waals surface area contributed by atoms with Gasteiger partial charge in [0.25, 0.3) is 0 Å². The molecule has 0 radical (unpaired) electrons. The summed E-state index contributed by atoms with van der Waals surface area (Å²) in [5.41, 5.74) is 1.53. The number of benzene rings is 2. The molecule has 7 nitrogen and oxygen atoms in total. The van der Waals surface area contributed by atoms with Crippen molar-refractivity contribution in [1.29, 1.82) is 0 Å². The number of piperidine rings is 1. The third-order valence-electron chi connectivity index (χ3n) is 6.04. The first-order chi connectivity index (χ1) is 16.3. The SMILES string of the molecule is Cc1cc(F)ccc1S(=O)(=O)N1CCCC[C@H]1CCNC(=O)C(=O)NCCCc1ccccc1. The van der Waals surface area contributed by atoms with E-state index in [1.807, 2.05) is 30.3 Å². The van der Waals surface area contributed by atoms with Gasteiger partial charge in [0.15, 0.2) is 0 Å². The van der Waals surface area contributed by atoms with Crippen LogP contribution in [-0.4, -0.2) is 50.2 Å². The topological polar surface area (TPSA) is 95.6 Å². The van der Waals surface area contributed by atoms with Crippen molar-refractivity contribution >= 4 is 21.8 Å². The number of halogens is 1. The summed E-state index contributed by atoms with van der Waals surface area (Å²) in [5, 5.41) is 5.22. The highest BCUT2D eigenvalue weighted by atomic mass is 32.2. The van der Waals surface area contributed by atoms with E-state index in [0.29, 0.717) is 31.5 Å². The molecule has 0 spiro atoms. The minimum atomic E-state index is -3.79. The van der Waals surface area contributed by atoms with Gasteiger partial charge in [-0.05, 0) is 68.4 Å². The van der Waals surface area contributed by atoms with E-state index in [0.717, 1.165) is 31.7 Å². The van der Waals surface area contributed by atoms with Gasteiger partial charge in [0, 0.05) is 25.7 Å². The number of nitrogens with zero attached hydrogens (tertiary/aromatic N) is 1. The Kier molecular flexibility index (Phi) is 9.18. The molecule has 0 aromatic heterocycles. The molecular formula is C25H32FN3O4S. The molecule has 0 saturated carbocycles. The number of carbonyl (C=O) groups excluding carboxylic acids is 2. The Bertz CT molecular complexity index is 1090. The summed E-state index contributed by atoms with van der Waals surface area (Å²) in [4.78, 5) is 24.3. The second-order valence-corrected chi connectivity index (χ2v) is 10.4. The molecule has 3 rings (SSSR count). The average Bonchev–Trinajstić information content (AvgIpc) is 2.82. The molecule has 1 fully saturated rings. The molecule has 184 valence electrons. The highest BCUT2D eigenvalue weighted by Crippen LogP contribution is 2.28. The van der Waals surface area contributed by atoms with E-state index in [1.165, 1.54) is 22.0 Å². The van der Waals surface area contributed by atoms with E-state index >= 15 is 0 Å². The molecular weight excluding hydrogens is 457 g/mol. The Morgan fingerprint density at radius 2 is 1.74 bits per heavy atom. The van der Waals surface area contributed by atoms with E-state index in [4.69, 9.17) is 0 Å². The quantitative estimate of drug-likeness (QED) is 0.418. The van der Waals surface area contributed by atoms with Crippen LogP contribution in [0.3, 0.4) is 0 Å². The van der Waals surface area contributed by atoms with Crippen molar-refractivity contribution in [2.24, 2.45) is 0 Å². The monoisotopic (exact) mass is 489 g/mol. The van der Waals surface area contributed by atoms with Crippen molar-refractivity contribution in [1.82, 2.24) is 14.9 Å². The smallest absolute Gasteiger partial charge is 0.309 e. The number of sulfonamides is 1. The van der Waals surface area contributed by atoms with Crippen LogP contribution >= 0.6 is 0 Å². The maximum Gasteiger partial charge on any atom is 0.309 e. The summed E-state index contributed by atoms with van der Waals surface area (Å²) in [6.45, 7) is 2.54. The lowest BCUT2D eigenvalue weighted by atomic mass is 10.0. The zero-order chi connectivity index (χ0) is 24.6. The second-order valence-electron chi connectivity index (χ2n) is 8.56. The van der Waals surface area contributed by atoms with E-state index in [1.54, 1.807) is 6.92 Å². The number of nitrogens with one attached hydrogen (secondary N) is 2. The molecule has 1 saturated heterocycles. The zero-order valence-corrected chi connectivity index (χ0v) is 20.2. The predicted octanol–water partition coefficient (Wildman–Crippen LogP) is 2.93. The van der Waals surface area contributed by atoms with Gasteiger partial charge in [0.1, 0.15) is 5.82 Å². The number of aryl methyl sites for hydroxylation is 2. The normalized spacial score (nSPS) is 16.7. The van der Waals surface area contributed by atoms with Gasteiger partial charge in [0.05, 0.1) is 4.90 Å². The number of hydrogen-bond donors (Lipinski definition) is 2. The molecule has 1 aliphatic rings. The molecule has 2 aromatic rings. The molecule has 2 amide bonds. The van der Waals surface area contributed by atoms with Crippen molar-refractivity contribution in [2.45, 2.75) is 56.4 Å². The molecule has 34 heavy (non-hydrogen) atoms. The summed E-state index contributed by atoms with van der Waals surface area (Å²) in [6, 6.07) is 13.3. The predicted molar refractivity (Wildman–Crippen MR) is 128 cm³/mol. The van der Waals surface area contributed by atoms with Crippen molar-refractivity contribution in [3.63, 3.8) is 0 Å². The van der Waals surface area contributed by atoms with Gasteiger partial charge >= 0.3 is 11.8 Å². The van der Waals surface area contributed by atoms with E-state index in [9.17, 15) is 22.4 Å². The standard InChI is InChI=1S/C25H32FN3O4S/c1-19-18-21(26)12-13-23(19)34(32,33)29-17-6-5-11-22(29)14-16-28-25(31)24(30)27-15-7-10-20-8-3-2-4-9-20/h2-4,8-9,12-13,18,22H,5-7,10-11,14-17H2,1H3,(H,27,30)(H,28,31)/t22-/m0/s1. The summed E-state index contributed by atoms with van der Waals surface area (Å²) in [5.74, 6) is -1.89. The van der Waals surface area contributed by atoms with Gasteiger partial charge in [-0.25, -0.2) is 12.8 Å². The lowest BCUT2D eigenvalue weighted by Gasteiger charge is -2.35. The van der Waals surface area contributed by atoms with Crippen molar-refractivity contribution in [3.05, 3.63) is 65.5 Å². The Labute approximate surface area is 200 Å². The number of rotatable bonds is 9. The average molecular weight is 490 g/mol. The van der Waals surface area contributed by atoms with Gasteiger partial charge in [-0.2, -0.15) is 4.31 Å². The van der Waals surface area contributed by atoms with Gasteiger partial charge in [-0.1, -0.05) is 36.8 Å². The van der Waals surface area contributed by atoms with Crippen molar-refractivity contribution < 1.29 is 22.4 Å². The number of amides is 2. The Morgan fingerprint density at radius 3 is 2.44 bits per heavy atom. The third-order valence-corrected chi connectivity index (χ3v) is 8.15. The van der Waals surface area contributed by atoms with Crippen molar-refractivity contribution in [2.75, 3.05) is 19.6 Å². The molecule has 1 atom stereocenters. The summed E-state index contributed by atoms with van der Waals surface area (Å²) in [7, 11) is -3.79. The minimum Gasteiger partial charge on any atom is -0.348 e. The minimum absolute atomic E-state index is 0.0970. The van der Waals surface area contributed by atoms with Crippen LogP contribution in [0.25, 0.3) is 0 Å². The zero-order valence-electron chi connectivity index (χ0n) is 19.4. The van der Waals surface area contributed by atoms with Crippen LogP contribution in [0.5, 0.6) is 0 Å². The molecule has 2 N–H and O–H groups in total. The third kappa shape index (κ3) is 6.87. The molecule has 1 aliphatic heterocycles. The summed E-state index contributed by atoms with van der Waals surface area (Å²) in [6.07, 6.45) is 4.22. The molecule has 1 heterocycles. The largest absolute Gasteiger partial charge is 0.348 e. The van der Waals surface area contributed by atoms with Crippen LogP contribution in [-0.2, 0) is 26.0 Å². The number of carbonyl (C=O) groups is 2. The highest BCUT2D eigenvalue weighted by Gasteiger charge is 2.34. The van der Waals surface area contributed by atoms with Gasteiger partial charge in [-0.15, -0.1) is 0 Å². The van der Waals surface area contributed by atoms with E-state index < -0.39 is 27.7 Å². The van der Waals surface area contributed by atoms with Gasteiger partial charge in [0.2, 0.25) is 10.0 Å². The maximum absolute atomic E-state index is 13.5. The lowest BCUT2D eigenvalue weighted by molar-refractivity contribution is -0.139. The Balaban J connectivity index is 1.47. The maximum atomic E-state index is 13.5. The fraction of sp³-hybridized carbons (Fsp3) is 0.440. The molecule has 9 heteroatoms. The van der Waals surface area contributed by atoms with Crippen LogP contribution in [0.1, 0.15) is 43.2 Å². The van der Waals surface area contributed by atoms with Gasteiger partial charge in [-0.3, -0.25) is 9.59 Å². The molecule has 0 aliphatic carbocycles. The first-order valence-electron chi connectivity index (χ1n) is 11.7.